The van der Waals surface area contributed by atoms with Gasteiger partial charge in [-0.1, -0.05) is 18.2 Å². The molecular formula is C15H18N4. The van der Waals surface area contributed by atoms with Gasteiger partial charge in [-0.25, -0.2) is 0 Å². The van der Waals surface area contributed by atoms with Crippen LogP contribution >= 0.6 is 0 Å². The molecule has 0 aliphatic carbocycles. The number of rotatable bonds is 4. The van der Waals surface area contributed by atoms with Gasteiger partial charge >= 0.3 is 0 Å². The van der Waals surface area contributed by atoms with E-state index in [9.17, 15) is 0 Å². The Kier molecular flexibility index (Phi) is 3.09. The van der Waals surface area contributed by atoms with Gasteiger partial charge in [0.1, 0.15) is 0 Å². The third-order valence-electron chi connectivity index (χ3n) is 3.62. The molecule has 0 aliphatic heterocycles. The summed E-state index contributed by atoms with van der Waals surface area (Å²) in [6, 6.07) is 10.5. The van der Waals surface area contributed by atoms with Gasteiger partial charge in [-0.05, 0) is 17.7 Å². The van der Waals surface area contributed by atoms with Crippen LogP contribution in [0.2, 0.25) is 0 Å². The van der Waals surface area contributed by atoms with Gasteiger partial charge in [-0.15, -0.1) is 0 Å². The van der Waals surface area contributed by atoms with Crippen molar-refractivity contribution in [2.24, 2.45) is 12.8 Å². The van der Waals surface area contributed by atoms with Gasteiger partial charge in [0, 0.05) is 55.5 Å². The van der Waals surface area contributed by atoms with Crippen LogP contribution in [0.1, 0.15) is 11.3 Å². The summed E-state index contributed by atoms with van der Waals surface area (Å²) in [5.41, 5.74) is 9.52. The van der Waals surface area contributed by atoms with E-state index in [1.807, 2.05) is 17.9 Å². The van der Waals surface area contributed by atoms with E-state index in [0.717, 1.165) is 13.0 Å². The number of aryl methyl sites for hydroxylation is 3. The summed E-state index contributed by atoms with van der Waals surface area (Å²) >= 11 is 0. The summed E-state index contributed by atoms with van der Waals surface area (Å²) in [5.74, 6) is 0. The van der Waals surface area contributed by atoms with Gasteiger partial charge in [0.2, 0.25) is 0 Å². The molecule has 0 unspecified atom stereocenters. The maximum atomic E-state index is 5.82. The van der Waals surface area contributed by atoms with E-state index in [4.69, 9.17) is 5.73 Å². The molecule has 4 nitrogen and oxygen atoms in total. The Bertz CT molecular complexity index is 693. The Balaban J connectivity index is 1.91. The second-order valence-electron chi connectivity index (χ2n) is 4.77. The summed E-state index contributed by atoms with van der Waals surface area (Å²) in [6.07, 6.45) is 4.98. The summed E-state index contributed by atoms with van der Waals surface area (Å²) in [6.45, 7) is 1.53. The van der Waals surface area contributed by atoms with Gasteiger partial charge in [0.25, 0.3) is 0 Å². The van der Waals surface area contributed by atoms with Gasteiger partial charge in [-0.3, -0.25) is 4.68 Å². The highest BCUT2D eigenvalue weighted by molar-refractivity contribution is 5.83. The van der Waals surface area contributed by atoms with E-state index < -0.39 is 0 Å². The number of para-hydroxylation sites is 1. The van der Waals surface area contributed by atoms with Crippen molar-refractivity contribution < 1.29 is 0 Å². The first-order chi connectivity index (χ1) is 9.29. The summed E-state index contributed by atoms with van der Waals surface area (Å²) in [7, 11) is 1.98. The lowest BCUT2D eigenvalue weighted by Gasteiger charge is -2.05. The molecule has 0 aliphatic rings. The van der Waals surface area contributed by atoms with Crippen molar-refractivity contribution in [3.8, 4) is 0 Å². The van der Waals surface area contributed by atoms with E-state index in [1.54, 1.807) is 0 Å². The maximum absolute atomic E-state index is 5.82. The van der Waals surface area contributed by atoms with E-state index in [2.05, 4.69) is 46.2 Å². The zero-order chi connectivity index (χ0) is 13.2. The molecule has 0 radical (unpaired) electrons. The summed E-state index contributed by atoms with van der Waals surface area (Å²) in [4.78, 5) is 0. The lowest BCUT2D eigenvalue weighted by atomic mass is 10.2. The number of benzene rings is 1. The zero-order valence-electron chi connectivity index (χ0n) is 11.1. The molecule has 0 bridgehead atoms. The molecule has 0 atom stereocenters. The van der Waals surface area contributed by atoms with Gasteiger partial charge in [0.15, 0.2) is 0 Å². The Hall–Kier alpha value is -2.07. The molecule has 0 saturated carbocycles. The fourth-order valence-electron chi connectivity index (χ4n) is 2.55. The van der Waals surface area contributed by atoms with Crippen molar-refractivity contribution in [2.45, 2.75) is 19.5 Å². The van der Waals surface area contributed by atoms with E-state index in [0.29, 0.717) is 6.54 Å². The largest absolute Gasteiger partial charge is 0.347 e. The summed E-state index contributed by atoms with van der Waals surface area (Å²) < 4.78 is 4.21. The van der Waals surface area contributed by atoms with Crippen molar-refractivity contribution >= 4 is 10.9 Å². The van der Waals surface area contributed by atoms with E-state index >= 15 is 0 Å². The Morgan fingerprint density at radius 1 is 1.21 bits per heavy atom. The highest BCUT2D eigenvalue weighted by Crippen LogP contribution is 2.21. The van der Waals surface area contributed by atoms with Crippen LogP contribution < -0.4 is 5.73 Å². The average molecular weight is 254 g/mol. The van der Waals surface area contributed by atoms with E-state index in [-0.39, 0.29) is 0 Å². The minimum Gasteiger partial charge on any atom is -0.347 e. The number of nitrogens with two attached hydrogens (primary N) is 1. The first-order valence-corrected chi connectivity index (χ1v) is 6.53. The predicted octanol–water partition coefficient (Wildman–Crippen LogP) is 2.08. The second-order valence-corrected chi connectivity index (χ2v) is 4.77. The Morgan fingerprint density at radius 3 is 2.79 bits per heavy atom. The smallest absolute Gasteiger partial charge is 0.0492 e. The van der Waals surface area contributed by atoms with Crippen molar-refractivity contribution in [3.63, 3.8) is 0 Å². The molecule has 3 rings (SSSR count). The first-order valence-electron chi connectivity index (χ1n) is 6.53. The van der Waals surface area contributed by atoms with Crippen LogP contribution in [-0.2, 0) is 26.6 Å². The molecule has 0 amide bonds. The number of aromatic nitrogens is 3. The molecule has 0 spiro atoms. The molecule has 2 N–H and O–H groups in total. The normalized spacial score (nSPS) is 11.3. The third-order valence-corrected chi connectivity index (χ3v) is 3.62. The van der Waals surface area contributed by atoms with Crippen LogP contribution in [0.15, 0.2) is 42.7 Å². The average Bonchev–Trinajstić information content (AvgIpc) is 3.00. The molecule has 1 aromatic carbocycles. The molecule has 98 valence electrons. The number of hydrogen-bond donors (Lipinski definition) is 1. The lowest BCUT2D eigenvalue weighted by molar-refractivity contribution is 0.648. The lowest BCUT2D eigenvalue weighted by Crippen LogP contribution is -2.04. The van der Waals surface area contributed by atoms with Crippen LogP contribution in [0.5, 0.6) is 0 Å². The van der Waals surface area contributed by atoms with Crippen molar-refractivity contribution in [1.82, 2.24) is 14.3 Å². The molecule has 4 heteroatoms. The predicted molar refractivity (Wildman–Crippen MR) is 76.7 cm³/mol. The summed E-state index contributed by atoms with van der Waals surface area (Å²) in [5, 5.41) is 5.46. The minimum absolute atomic E-state index is 0.583. The van der Waals surface area contributed by atoms with E-state index in [1.165, 1.54) is 22.2 Å². The van der Waals surface area contributed by atoms with Crippen LogP contribution in [-0.4, -0.2) is 14.3 Å². The molecule has 19 heavy (non-hydrogen) atoms. The molecule has 2 heterocycles. The highest BCUT2D eigenvalue weighted by atomic mass is 15.3. The van der Waals surface area contributed by atoms with Crippen LogP contribution in [0.4, 0.5) is 0 Å². The molecule has 3 aromatic rings. The van der Waals surface area contributed by atoms with Gasteiger partial charge in [-0.2, -0.15) is 5.10 Å². The SMILES string of the molecule is Cn1nccc1CCn1cc(CN)c2ccccc21. The quantitative estimate of drug-likeness (QED) is 0.775. The highest BCUT2D eigenvalue weighted by Gasteiger charge is 2.07. The van der Waals surface area contributed by atoms with Crippen molar-refractivity contribution in [2.75, 3.05) is 0 Å². The van der Waals surface area contributed by atoms with Gasteiger partial charge in [0.05, 0.1) is 0 Å². The zero-order valence-corrected chi connectivity index (χ0v) is 11.1. The van der Waals surface area contributed by atoms with Crippen molar-refractivity contribution in [1.29, 1.82) is 0 Å². The first kappa shape index (κ1) is 12.0. The van der Waals surface area contributed by atoms with Crippen LogP contribution in [0.25, 0.3) is 10.9 Å². The van der Waals surface area contributed by atoms with Gasteiger partial charge < -0.3 is 10.3 Å². The standard InChI is InChI=1S/C15H18N4/c1-18-13(6-8-17-18)7-9-19-11-12(10-16)14-4-2-3-5-15(14)19/h2-6,8,11H,7,9-10,16H2,1H3. The molecule has 0 saturated heterocycles. The third kappa shape index (κ3) is 2.15. The molecule has 2 aromatic heterocycles. The Morgan fingerprint density at radius 2 is 2.05 bits per heavy atom. The number of nitrogens with zero attached hydrogens (tertiary/aromatic N) is 3. The molecular weight excluding hydrogens is 236 g/mol. The second kappa shape index (κ2) is 4.90. The maximum Gasteiger partial charge on any atom is 0.0492 e. The number of hydrogen-bond acceptors (Lipinski definition) is 2. The monoisotopic (exact) mass is 254 g/mol. The van der Waals surface area contributed by atoms with Crippen LogP contribution in [0, 0.1) is 0 Å². The van der Waals surface area contributed by atoms with Crippen LogP contribution in [0.3, 0.4) is 0 Å². The fraction of sp³-hybridized carbons (Fsp3) is 0.267. The number of fused-ring (bicyclic) bond motifs is 1. The fourth-order valence-corrected chi connectivity index (χ4v) is 2.55. The molecule has 0 fully saturated rings. The Labute approximate surface area is 112 Å². The van der Waals surface area contributed by atoms with Crippen molar-refractivity contribution in [3.05, 3.63) is 54.0 Å². The minimum atomic E-state index is 0.583. The topological polar surface area (TPSA) is 48.8 Å².